The highest BCUT2D eigenvalue weighted by molar-refractivity contribution is 5.45. The Morgan fingerprint density at radius 1 is 0.900 bits per heavy atom. The molecule has 0 spiro atoms. The van der Waals surface area contributed by atoms with Gasteiger partial charge in [-0.15, -0.1) is 0 Å². The van der Waals surface area contributed by atoms with Crippen molar-refractivity contribution in [3.05, 3.63) is 48.3 Å². The van der Waals surface area contributed by atoms with Crippen LogP contribution < -0.4 is 9.80 Å². The smallest absolute Gasteiger partial charge is 0.142 e. The second-order valence-electron chi connectivity index (χ2n) is 4.65. The quantitative estimate of drug-likeness (QED) is 0.826. The summed E-state index contributed by atoms with van der Waals surface area (Å²) in [5, 5.41) is 8.90. The molecule has 3 rings (SSSR count). The van der Waals surface area contributed by atoms with E-state index in [2.05, 4.69) is 25.8 Å². The zero-order chi connectivity index (χ0) is 13.8. The van der Waals surface area contributed by atoms with Crippen molar-refractivity contribution in [3.8, 4) is 6.07 Å². The number of anilines is 2. The van der Waals surface area contributed by atoms with Crippen LogP contribution in [0.4, 0.5) is 11.6 Å². The third kappa shape index (κ3) is 2.54. The van der Waals surface area contributed by atoms with Gasteiger partial charge in [-0.25, -0.2) is 9.97 Å². The Morgan fingerprint density at radius 3 is 2.25 bits per heavy atom. The first-order valence-electron chi connectivity index (χ1n) is 6.65. The lowest BCUT2D eigenvalue weighted by molar-refractivity contribution is 0.641. The summed E-state index contributed by atoms with van der Waals surface area (Å²) < 4.78 is 0. The topological polar surface area (TPSA) is 56.1 Å². The van der Waals surface area contributed by atoms with E-state index in [1.807, 2.05) is 36.5 Å². The SMILES string of the molecule is N#Cc1cccc(N2CCN(c3ccccn3)CC2)n1. The van der Waals surface area contributed by atoms with Gasteiger partial charge in [0.2, 0.25) is 0 Å². The lowest BCUT2D eigenvalue weighted by atomic mass is 10.3. The van der Waals surface area contributed by atoms with E-state index in [9.17, 15) is 0 Å². The van der Waals surface area contributed by atoms with E-state index in [4.69, 9.17) is 5.26 Å². The standard InChI is InChI=1S/C15H15N5/c16-12-13-4-3-6-15(18-13)20-10-8-19(9-11-20)14-5-1-2-7-17-14/h1-7H,8-11H2. The number of hydrogen-bond acceptors (Lipinski definition) is 5. The number of aromatic nitrogens is 2. The number of hydrogen-bond donors (Lipinski definition) is 0. The minimum atomic E-state index is 0.467. The Bertz CT molecular complexity index is 612. The fourth-order valence-electron chi connectivity index (χ4n) is 2.37. The van der Waals surface area contributed by atoms with Gasteiger partial charge in [-0.3, -0.25) is 0 Å². The predicted molar refractivity (Wildman–Crippen MR) is 77.6 cm³/mol. The van der Waals surface area contributed by atoms with Gasteiger partial charge in [0.25, 0.3) is 0 Å². The van der Waals surface area contributed by atoms with E-state index < -0.39 is 0 Å². The van der Waals surface area contributed by atoms with Gasteiger partial charge in [0.15, 0.2) is 0 Å². The van der Waals surface area contributed by atoms with Gasteiger partial charge in [0.05, 0.1) is 0 Å². The molecule has 0 unspecified atom stereocenters. The molecule has 0 aliphatic carbocycles. The van der Waals surface area contributed by atoms with Gasteiger partial charge in [0, 0.05) is 32.4 Å². The van der Waals surface area contributed by atoms with Crippen LogP contribution in [0.25, 0.3) is 0 Å². The van der Waals surface area contributed by atoms with Crippen molar-refractivity contribution in [1.82, 2.24) is 9.97 Å². The molecule has 5 nitrogen and oxygen atoms in total. The largest absolute Gasteiger partial charge is 0.353 e. The van der Waals surface area contributed by atoms with Gasteiger partial charge >= 0.3 is 0 Å². The van der Waals surface area contributed by atoms with Crippen molar-refractivity contribution in [2.75, 3.05) is 36.0 Å². The maximum atomic E-state index is 8.90. The number of nitrogens with zero attached hydrogens (tertiary/aromatic N) is 5. The average Bonchev–Trinajstić information content (AvgIpc) is 2.56. The highest BCUT2D eigenvalue weighted by Gasteiger charge is 2.18. The monoisotopic (exact) mass is 265 g/mol. The third-order valence-electron chi connectivity index (χ3n) is 3.43. The van der Waals surface area contributed by atoms with Crippen molar-refractivity contribution in [3.63, 3.8) is 0 Å². The van der Waals surface area contributed by atoms with Crippen LogP contribution in [0.3, 0.4) is 0 Å². The van der Waals surface area contributed by atoms with E-state index in [1.165, 1.54) is 0 Å². The third-order valence-corrected chi connectivity index (χ3v) is 3.43. The first kappa shape index (κ1) is 12.4. The molecule has 2 aromatic heterocycles. The van der Waals surface area contributed by atoms with Crippen LogP contribution in [0.5, 0.6) is 0 Å². The molecular weight excluding hydrogens is 250 g/mol. The molecule has 0 atom stereocenters. The van der Waals surface area contributed by atoms with Crippen molar-refractivity contribution in [1.29, 1.82) is 5.26 Å². The Balaban J connectivity index is 1.68. The van der Waals surface area contributed by atoms with Crippen molar-refractivity contribution in [2.45, 2.75) is 0 Å². The fraction of sp³-hybridized carbons (Fsp3) is 0.267. The minimum absolute atomic E-state index is 0.467. The van der Waals surface area contributed by atoms with Gasteiger partial charge in [-0.05, 0) is 24.3 Å². The van der Waals surface area contributed by atoms with Crippen LogP contribution in [0.2, 0.25) is 0 Å². The predicted octanol–water partition coefficient (Wildman–Crippen LogP) is 1.67. The van der Waals surface area contributed by atoms with E-state index >= 15 is 0 Å². The van der Waals surface area contributed by atoms with Gasteiger partial charge in [-0.1, -0.05) is 12.1 Å². The zero-order valence-corrected chi connectivity index (χ0v) is 11.1. The summed E-state index contributed by atoms with van der Waals surface area (Å²) in [5.41, 5.74) is 0.467. The molecule has 1 saturated heterocycles. The maximum Gasteiger partial charge on any atom is 0.142 e. The second-order valence-corrected chi connectivity index (χ2v) is 4.65. The number of pyridine rings is 2. The Labute approximate surface area is 118 Å². The molecular formula is C15H15N5. The molecule has 100 valence electrons. The van der Waals surface area contributed by atoms with Crippen molar-refractivity contribution in [2.24, 2.45) is 0 Å². The van der Waals surface area contributed by atoms with Crippen molar-refractivity contribution >= 4 is 11.6 Å². The van der Waals surface area contributed by atoms with Crippen LogP contribution in [-0.4, -0.2) is 36.1 Å². The second kappa shape index (κ2) is 5.57. The lowest BCUT2D eigenvalue weighted by Crippen LogP contribution is -2.47. The van der Waals surface area contributed by atoms with E-state index in [0.717, 1.165) is 37.8 Å². The van der Waals surface area contributed by atoms with Gasteiger partial charge < -0.3 is 9.80 Å². The van der Waals surface area contributed by atoms with Crippen LogP contribution in [-0.2, 0) is 0 Å². The van der Waals surface area contributed by atoms with E-state index in [0.29, 0.717) is 5.69 Å². The summed E-state index contributed by atoms with van der Waals surface area (Å²) in [6.45, 7) is 3.60. The molecule has 1 aliphatic heterocycles. The molecule has 0 saturated carbocycles. The molecule has 2 aromatic rings. The molecule has 0 aromatic carbocycles. The molecule has 3 heterocycles. The van der Waals surface area contributed by atoms with Crippen LogP contribution in [0.1, 0.15) is 5.69 Å². The molecule has 0 bridgehead atoms. The molecule has 20 heavy (non-hydrogen) atoms. The zero-order valence-electron chi connectivity index (χ0n) is 11.1. The highest BCUT2D eigenvalue weighted by atomic mass is 15.3. The Hall–Kier alpha value is -2.61. The van der Waals surface area contributed by atoms with Gasteiger partial charge in [0.1, 0.15) is 23.4 Å². The first-order valence-corrected chi connectivity index (χ1v) is 6.65. The summed E-state index contributed by atoms with van der Waals surface area (Å²) in [6.07, 6.45) is 1.82. The molecule has 0 N–H and O–H groups in total. The summed E-state index contributed by atoms with van der Waals surface area (Å²) in [6, 6.07) is 13.6. The summed E-state index contributed by atoms with van der Waals surface area (Å²) in [5.74, 6) is 1.90. The molecule has 0 amide bonds. The fourth-order valence-corrected chi connectivity index (χ4v) is 2.37. The number of rotatable bonds is 2. The summed E-state index contributed by atoms with van der Waals surface area (Å²) in [4.78, 5) is 13.2. The Morgan fingerprint density at radius 2 is 1.60 bits per heavy atom. The lowest BCUT2D eigenvalue weighted by Gasteiger charge is -2.36. The molecule has 0 radical (unpaired) electrons. The van der Waals surface area contributed by atoms with Crippen LogP contribution in [0.15, 0.2) is 42.6 Å². The number of piperazine rings is 1. The van der Waals surface area contributed by atoms with Crippen LogP contribution in [0, 0.1) is 11.3 Å². The summed E-state index contributed by atoms with van der Waals surface area (Å²) >= 11 is 0. The number of nitriles is 1. The van der Waals surface area contributed by atoms with Crippen molar-refractivity contribution < 1.29 is 0 Å². The van der Waals surface area contributed by atoms with E-state index in [1.54, 1.807) is 6.07 Å². The minimum Gasteiger partial charge on any atom is -0.353 e. The first-order chi connectivity index (χ1) is 9.86. The Kier molecular flexibility index (Phi) is 3.46. The highest BCUT2D eigenvalue weighted by Crippen LogP contribution is 2.17. The normalized spacial score (nSPS) is 14.9. The molecule has 1 fully saturated rings. The summed E-state index contributed by atoms with van der Waals surface area (Å²) in [7, 11) is 0. The molecule has 5 heteroatoms. The maximum absolute atomic E-state index is 8.90. The van der Waals surface area contributed by atoms with E-state index in [-0.39, 0.29) is 0 Å². The van der Waals surface area contributed by atoms with Crippen LogP contribution >= 0.6 is 0 Å². The average molecular weight is 265 g/mol. The molecule has 1 aliphatic rings. The van der Waals surface area contributed by atoms with Gasteiger partial charge in [-0.2, -0.15) is 5.26 Å².